The Kier molecular flexibility index (Phi) is 7.82. The number of piperazine rings is 1. The molecule has 3 aromatic rings. The molecule has 12 heteroatoms. The lowest BCUT2D eigenvalue weighted by atomic mass is 10.2. The first kappa shape index (κ1) is 26.4. The zero-order chi connectivity index (χ0) is 26.7. The smallest absolute Gasteiger partial charge is 0.331 e. The third-order valence-corrected chi connectivity index (χ3v) is 10.3. The van der Waals surface area contributed by atoms with E-state index in [0.717, 1.165) is 18.4 Å². The third-order valence-electron chi connectivity index (χ3n) is 6.57. The highest BCUT2D eigenvalue weighted by Gasteiger charge is 2.46. The molecule has 0 bridgehead atoms. The molecule has 2 amide bonds. The van der Waals surface area contributed by atoms with Gasteiger partial charge in [0.15, 0.2) is 0 Å². The molecule has 2 saturated heterocycles. The van der Waals surface area contributed by atoms with Gasteiger partial charge in [0.2, 0.25) is 0 Å². The fourth-order valence-electron chi connectivity index (χ4n) is 4.55. The van der Waals surface area contributed by atoms with Crippen molar-refractivity contribution in [3.05, 3.63) is 86.6 Å². The van der Waals surface area contributed by atoms with E-state index in [4.69, 9.17) is 0 Å². The molecule has 0 radical (unpaired) electrons. The minimum Gasteiger partial charge on any atom is -0.373 e. The van der Waals surface area contributed by atoms with Gasteiger partial charge in [0.1, 0.15) is 11.4 Å². The number of halogens is 1. The van der Waals surface area contributed by atoms with Crippen LogP contribution < -0.4 is 4.90 Å². The van der Waals surface area contributed by atoms with Gasteiger partial charge in [0.05, 0.1) is 5.69 Å². The van der Waals surface area contributed by atoms with Crippen molar-refractivity contribution in [1.29, 1.82) is 0 Å². The maximum absolute atomic E-state index is 14.2. The summed E-state index contributed by atoms with van der Waals surface area (Å²) < 4.78 is 42.8. The minimum absolute atomic E-state index is 0.0527. The van der Waals surface area contributed by atoms with Crippen molar-refractivity contribution in [2.75, 3.05) is 44.2 Å². The number of amides is 2. The van der Waals surface area contributed by atoms with Crippen molar-refractivity contribution in [2.24, 2.45) is 0 Å². The first-order valence-electron chi connectivity index (χ1n) is 12.2. The van der Waals surface area contributed by atoms with Gasteiger partial charge in [-0.1, -0.05) is 24.3 Å². The van der Waals surface area contributed by atoms with Crippen LogP contribution in [0.25, 0.3) is 0 Å². The summed E-state index contributed by atoms with van der Waals surface area (Å²) in [5.41, 5.74) is 0.340. The second-order valence-electron chi connectivity index (χ2n) is 8.94. The largest absolute Gasteiger partial charge is 0.373 e. The molecule has 0 atom stereocenters. The summed E-state index contributed by atoms with van der Waals surface area (Å²) >= 11 is 2.97. The van der Waals surface area contributed by atoms with Crippen molar-refractivity contribution >= 4 is 50.4 Å². The van der Waals surface area contributed by atoms with E-state index in [1.165, 1.54) is 34.9 Å². The number of carbonyl (C=O) groups excluding carboxylic acids is 2. The summed E-state index contributed by atoms with van der Waals surface area (Å²) in [6.07, 6.45) is 2.21. The first-order chi connectivity index (χ1) is 18.3. The number of hydrogen-bond acceptors (Lipinski definition) is 8. The molecule has 200 valence electrons. The molecule has 2 aliphatic heterocycles. The van der Waals surface area contributed by atoms with E-state index in [1.807, 2.05) is 44.8 Å². The van der Waals surface area contributed by atoms with E-state index < -0.39 is 22.0 Å². The summed E-state index contributed by atoms with van der Waals surface area (Å²) in [7, 11) is -4.32. The molecule has 2 fully saturated rings. The second-order valence-corrected chi connectivity index (χ2v) is 12.8. The molecule has 0 unspecified atom stereocenters. The molecule has 2 aromatic heterocycles. The maximum atomic E-state index is 14.2. The topological polar surface area (TPSA) is 81.2 Å². The molecule has 1 aromatic carbocycles. The average molecular weight is 575 g/mol. The van der Waals surface area contributed by atoms with Crippen LogP contribution in [0.5, 0.6) is 0 Å². The first-order valence-corrected chi connectivity index (χ1v) is 15.4. The number of anilines is 1. The Bertz CT molecular complexity index is 1350. The SMILES string of the molecule is O=C1C(=CN2CCN(c3ccccc3F)CC2)C(=O)N(CCc2cccs2)S(=O)(=O)N1CCc1cccs1. The lowest BCUT2D eigenvalue weighted by molar-refractivity contribution is -0.132. The van der Waals surface area contributed by atoms with E-state index in [0.29, 0.717) is 44.7 Å². The van der Waals surface area contributed by atoms with Crippen LogP contribution in [0.1, 0.15) is 9.75 Å². The van der Waals surface area contributed by atoms with E-state index in [2.05, 4.69) is 0 Å². The highest BCUT2D eigenvalue weighted by molar-refractivity contribution is 7.88. The minimum atomic E-state index is -4.32. The van der Waals surface area contributed by atoms with Crippen molar-refractivity contribution < 1.29 is 22.4 Å². The lowest BCUT2D eigenvalue weighted by Crippen LogP contribution is -2.57. The highest BCUT2D eigenvalue weighted by atomic mass is 32.2. The fraction of sp³-hybridized carbons (Fsp3) is 0.308. The number of nitrogens with zero attached hydrogens (tertiary/aromatic N) is 4. The predicted molar refractivity (Wildman–Crippen MR) is 147 cm³/mol. The van der Waals surface area contributed by atoms with Gasteiger partial charge < -0.3 is 9.80 Å². The van der Waals surface area contributed by atoms with Crippen LogP contribution in [0.3, 0.4) is 0 Å². The zero-order valence-electron chi connectivity index (χ0n) is 20.5. The standard InChI is InChI=1S/C26H27FN4O4S3/c27-23-7-1-2-8-24(23)29-15-13-28(14-16-29)19-22-25(32)30(11-9-20-5-3-17-36-20)38(34,35)31(26(22)33)12-10-21-6-4-18-37-21/h1-8,17-19H,9-16H2. The number of thiophene rings is 2. The molecule has 38 heavy (non-hydrogen) atoms. The van der Waals surface area contributed by atoms with Gasteiger partial charge in [0, 0.05) is 68.1 Å². The van der Waals surface area contributed by atoms with Gasteiger partial charge in [-0.2, -0.15) is 8.42 Å². The van der Waals surface area contributed by atoms with E-state index >= 15 is 0 Å². The quantitative estimate of drug-likeness (QED) is 0.303. The van der Waals surface area contributed by atoms with Crippen LogP contribution in [0.4, 0.5) is 10.1 Å². The molecular weight excluding hydrogens is 548 g/mol. The van der Waals surface area contributed by atoms with Gasteiger partial charge in [-0.15, -0.1) is 22.7 Å². The number of carbonyl (C=O) groups is 2. The van der Waals surface area contributed by atoms with Crippen molar-refractivity contribution in [3.63, 3.8) is 0 Å². The van der Waals surface area contributed by atoms with Gasteiger partial charge in [-0.3, -0.25) is 9.59 Å². The van der Waals surface area contributed by atoms with Gasteiger partial charge in [-0.05, 0) is 35.0 Å². The zero-order valence-corrected chi connectivity index (χ0v) is 23.0. The molecular formula is C26H27FN4O4S3. The van der Waals surface area contributed by atoms with Crippen LogP contribution in [0.15, 0.2) is 71.1 Å². The van der Waals surface area contributed by atoms with E-state index in [-0.39, 0.29) is 24.5 Å². The number of rotatable bonds is 8. The molecule has 8 nitrogen and oxygen atoms in total. The lowest BCUT2D eigenvalue weighted by Gasteiger charge is -2.38. The Morgan fingerprint density at radius 2 is 1.34 bits per heavy atom. The molecule has 0 spiro atoms. The van der Waals surface area contributed by atoms with Crippen LogP contribution >= 0.6 is 22.7 Å². The van der Waals surface area contributed by atoms with Crippen LogP contribution in [-0.2, 0) is 32.6 Å². The van der Waals surface area contributed by atoms with Crippen LogP contribution in [0.2, 0.25) is 0 Å². The Balaban J connectivity index is 1.37. The van der Waals surface area contributed by atoms with Gasteiger partial charge in [0.25, 0.3) is 11.8 Å². The Morgan fingerprint density at radius 3 is 1.84 bits per heavy atom. The summed E-state index contributed by atoms with van der Waals surface area (Å²) in [4.78, 5) is 32.5. The molecule has 0 aliphatic carbocycles. The Hall–Kier alpha value is -3.22. The van der Waals surface area contributed by atoms with E-state index in [1.54, 1.807) is 18.2 Å². The fourth-order valence-corrected chi connectivity index (χ4v) is 7.44. The highest BCUT2D eigenvalue weighted by Crippen LogP contribution is 2.26. The maximum Gasteiger partial charge on any atom is 0.331 e. The third kappa shape index (κ3) is 5.47. The molecule has 0 N–H and O–H groups in total. The van der Waals surface area contributed by atoms with Gasteiger partial charge in [-0.25, -0.2) is 13.0 Å². The molecule has 2 aliphatic rings. The molecule has 4 heterocycles. The normalized spacial score (nSPS) is 17.9. The summed E-state index contributed by atoms with van der Waals surface area (Å²) in [5.74, 6) is -1.92. The second kappa shape index (κ2) is 11.3. The monoisotopic (exact) mass is 574 g/mol. The molecule has 5 rings (SSSR count). The average Bonchev–Trinajstić information content (AvgIpc) is 3.62. The Morgan fingerprint density at radius 1 is 0.789 bits per heavy atom. The van der Waals surface area contributed by atoms with Crippen molar-refractivity contribution in [3.8, 4) is 0 Å². The number of para-hydroxylation sites is 1. The molecule has 0 saturated carbocycles. The van der Waals surface area contributed by atoms with Crippen LogP contribution in [0, 0.1) is 5.82 Å². The predicted octanol–water partition coefficient (Wildman–Crippen LogP) is 3.36. The Labute approximate surface area is 229 Å². The number of benzene rings is 1. The van der Waals surface area contributed by atoms with Crippen molar-refractivity contribution in [2.45, 2.75) is 12.8 Å². The summed E-state index contributed by atoms with van der Waals surface area (Å²) in [5, 5.41) is 3.79. The number of hydrogen-bond donors (Lipinski definition) is 0. The summed E-state index contributed by atoms with van der Waals surface area (Å²) in [6.45, 7) is 1.79. The van der Waals surface area contributed by atoms with Gasteiger partial charge >= 0.3 is 10.2 Å². The van der Waals surface area contributed by atoms with Crippen LogP contribution in [-0.4, -0.2) is 73.0 Å². The van der Waals surface area contributed by atoms with E-state index in [9.17, 15) is 22.4 Å². The van der Waals surface area contributed by atoms with Crippen molar-refractivity contribution in [1.82, 2.24) is 13.5 Å². The summed E-state index contributed by atoms with van der Waals surface area (Å²) in [6, 6.07) is 14.1.